The average molecular weight is 349 g/mol. The Bertz CT molecular complexity index is 795. The monoisotopic (exact) mass is 349 g/mol. The first kappa shape index (κ1) is 17.2. The average Bonchev–Trinajstić information content (AvgIpc) is 3.00. The molecule has 1 aliphatic rings. The van der Waals surface area contributed by atoms with E-state index in [9.17, 15) is 8.42 Å². The number of sulfone groups is 1. The van der Waals surface area contributed by atoms with Crippen LogP contribution in [-0.2, 0) is 14.6 Å². The fraction of sp³-hybridized carbons (Fsp3) is 0.444. The predicted molar refractivity (Wildman–Crippen MR) is 91.7 cm³/mol. The molecule has 2 heterocycles. The van der Waals surface area contributed by atoms with Crippen LogP contribution in [0.25, 0.3) is 0 Å². The van der Waals surface area contributed by atoms with Gasteiger partial charge >= 0.3 is 0 Å². The zero-order valence-electron chi connectivity index (χ0n) is 14.2. The van der Waals surface area contributed by atoms with Gasteiger partial charge in [-0.3, -0.25) is 4.90 Å². The topological polar surface area (TPSA) is 59.8 Å². The molecule has 3 rings (SSSR count). The van der Waals surface area contributed by atoms with E-state index in [0.717, 1.165) is 30.2 Å². The van der Waals surface area contributed by atoms with Crippen LogP contribution in [0.1, 0.15) is 36.2 Å². The zero-order valence-corrected chi connectivity index (χ0v) is 15.0. The van der Waals surface area contributed by atoms with Gasteiger partial charge in [-0.1, -0.05) is 12.1 Å². The predicted octanol–water partition coefficient (Wildman–Crippen LogP) is 3.13. The van der Waals surface area contributed by atoms with Gasteiger partial charge in [0.2, 0.25) is 0 Å². The molecule has 0 spiro atoms. The Morgan fingerprint density at radius 1 is 1.17 bits per heavy atom. The summed E-state index contributed by atoms with van der Waals surface area (Å²) in [7, 11) is -3.16. The number of rotatable bonds is 4. The second-order valence-electron chi connectivity index (χ2n) is 6.32. The molecule has 2 unspecified atom stereocenters. The van der Waals surface area contributed by atoms with E-state index < -0.39 is 9.84 Å². The molecular formula is C18H23NO4S. The van der Waals surface area contributed by atoms with E-state index in [1.54, 1.807) is 12.1 Å². The molecule has 5 nitrogen and oxygen atoms in total. The lowest BCUT2D eigenvalue weighted by Gasteiger charge is -2.36. The second kappa shape index (κ2) is 6.70. The van der Waals surface area contributed by atoms with E-state index in [1.807, 2.05) is 31.2 Å². The van der Waals surface area contributed by atoms with Gasteiger partial charge in [-0.15, -0.1) is 0 Å². The second-order valence-corrected chi connectivity index (χ2v) is 8.34. The molecule has 130 valence electrons. The smallest absolute Gasteiger partial charge is 0.175 e. The summed E-state index contributed by atoms with van der Waals surface area (Å²) in [6, 6.07) is 11.2. The summed E-state index contributed by atoms with van der Waals surface area (Å²) >= 11 is 0. The highest BCUT2D eigenvalue weighted by molar-refractivity contribution is 7.90. The Morgan fingerprint density at radius 3 is 2.46 bits per heavy atom. The van der Waals surface area contributed by atoms with Gasteiger partial charge in [0.15, 0.2) is 9.84 Å². The number of furan rings is 1. The first-order valence-electron chi connectivity index (χ1n) is 8.06. The quantitative estimate of drug-likeness (QED) is 0.849. The summed E-state index contributed by atoms with van der Waals surface area (Å²) in [5, 5.41) is 0. The maximum absolute atomic E-state index is 11.6. The number of hydrogen-bond acceptors (Lipinski definition) is 5. The number of morpholine rings is 1. The molecule has 0 N–H and O–H groups in total. The minimum absolute atomic E-state index is 0.0646. The van der Waals surface area contributed by atoms with Crippen LogP contribution in [0.15, 0.2) is 45.7 Å². The van der Waals surface area contributed by atoms with E-state index in [-0.39, 0.29) is 12.1 Å². The van der Waals surface area contributed by atoms with Crippen LogP contribution in [0, 0.1) is 6.92 Å². The molecule has 2 atom stereocenters. The Balaban J connectivity index is 1.73. The molecule has 1 fully saturated rings. The van der Waals surface area contributed by atoms with Crippen LogP contribution in [-0.4, -0.2) is 39.3 Å². The number of aryl methyl sites for hydroxylation is 1. The lowest BCUT2D eigenvalue weighted by atomic mass is 10.1. The van der Waals surface area contributed by atoms with Gasteiger partial charge < -0.3 is 9.15 Å². The third-order valence-electron chi connectivity index (χ3n) is 4.51. The molecule has 0 saturated carbocycles. The van der Waals surface area contributed by atoms with Crippen molar-refractivity contribution >= 4 is 9.84 Å². The zero-order chi connectivity index (χ0) is 17.3. The molecule has 0 bridgehead atoms. The number of ether oxygens (including phenoxy) is 1. The Hall–Kier alpha value is -1.63. The standard InChI is InChI=1S/C18H23NO4S/c1-13-4-9-17(23-13)18-12-19(10-11-22-18)14(2)15-5-7-16(8-6-15)24(3,20)21/h4-9,14,18H,10-12H2,1-3H3. The van der Waals surface area contributed by atoms with Gasteiger partial charge in [-0.2, -0.15) is 0 Å². The van der Waals surface area contributed by atoms with Crippen molar-refractivity contribution in [1.82, 2.24) is 4.90 Å². The summed E-state index contributed by atoms with van der Waals surface area (Å²) < 4.78 is 34.7. The SMILES string of the molecule is Cc1ccc(C2CN(C(C)c3ccc(S(C)(=O)=O)cc3)CCO2)o1. The van der Waals surface area contributed by atoms with Crippen molar-refractivity contribution in [2.45, 2.75) is 30.9 Å². The molecule has 1 aromatic carbocycles. The first-order chi connectivity index (χ1) is 11.3. The van der Waals surface area contributed by atoms with Crippen LogP contribution in [0.2, 0.25) is 0 Å². The van der Waals surface area contributed by atoms with E-state index in [2.05, 4.69) is 11.8 Å². The number of benzene rings is 1. The molecule has 1 aliphatic heterocycles. The molecular weight excluding hydrogens is 326 g/mol. The highest BCUT2D eigenvalue weighted by Gasteiger charge is 2.27. The number of nitrogens with zero attached hydrogens (tertiary/aromatic N) is 1. The Labute approximate surface area is 143 Å². The third kappa shape index (κ3) is 3.71. The third-order valence-corrected chi connectivity index (χ3v) is 5.64. The van der Waals surface area contributed by atoms with E-state index >= 15 is 0 Å². The van der Waals surface area contributed by atoms with Crippen molar-refractivity contribution in [3.63, 3.8) is 0 Å². The fourth-order valence-corrected chi connectivity index (χ4v) is 3.65. The van der Waals surface area contributed by atoms with Crippen LogP contribution in [0.3, 0.4) is 0 Å². The Morgan fingerprint density at radius 2 is 1.88 bits per heavy atom. The van der Waals surface area contributed by atoms with Crippen molar-refractivity contribution in [1.29, 1.82) is 0 Å². The molecule has 0 aliphatic carbocycles. The van der Waals surface area contributed by atoms with Crippen LogP contribution < -0.4 is 0 Å². The molecule has 0 amide bonds. The summed E-state index contributed by atoms with van der Waals surface area (Å²) in [6.45, 7) is 6.30. The van der Waals surface area contributed by atoms with Crippen LogP contribution in [0.5, 0.6) is 0 Å². The molecule has 2 aromatic rings. The lowest BCUT2D eigenvalue weighted by Crippen LogP contribution is -2.39. The van der Waals surface area contributed by atoms with Gasteiger partial charge in [0, 0.05) is 25.4 Å². The maximum atomic E-state index is 11.6. The fourth-order valence-electron chi connectivity index (χ4n) is 3.02. The van der Waals surface area contributed by atoms with Crippen molar-refractivity contribution < 1.29 is 17.6 Å². The van der Waals surface area contributed by atoms with Crippen molar-refractivity contribution in [2.24, 2.45) is 0 Å². The van der Waals surface area contributed by atoms with Crippen molar-refractivity contribution in [3.8, 4) is 0 Å². The Kier molecular flexibility index (Phi) is 4.80. The van der Waals surface area contributed by atoms with Gasteiger partial charge in [-0.25, -0.2) is 8.42 Å². The van der Waals surface area contributed by atoms with Gasteiger partial charge in [-0.05, 0) is 43.7 Å². The minimum Gasteiger partial charge on any atom is -0.464 e. The molecule has 1 saturated heterocycles. The minimum atomic E-state index is -3.16. The summed E-state index contributed by atoms with van der Waals surface area (Å²) in [5.74, 6) is 1.74. The van der Waals surface area contributed by atoms with Gasteiger partial charge in [0.1, 0.15) is 17.6 Å². The molecule has 6 heteroatoms. The summed E-state index contributed by atoms with van der Waals surface area (Å²) in [4.78, 5) is 2.69. The van der Waals surface area contributed by atoms with Crippen molar-refractivity contribution in [3.05, 3.63) is 53.5 Å². The highest BCUT2D eigenvalue weighted by Crippen LogP contribution is 2.29. The first-order valence-corrected chi connectivity index (χ1v) is 9.96. The summed E-state index contributed by atoms with van der Waals surface area (Å²) in [6.07, 6.45) is 1.16. The molecule has 1 aromatic heterocycles. The number of hydrogen-bond donors (Lipinski definition) is 0. The summed E-state index contributed by atoms with van der Waals surface area (Å²) in [5.41, 5.74) is 1.10. The van der Waals surface area contributed by atoms with E-state index in [1.165, 1.54) is 6.26 Å². The van der Waals surface area contributed by atoms with E-state index in [0.29, 0.717) is 11.5 Å². The van der Waals surface area contributed by atoms with E-state index in [4.69, 9.17) is 9.15 Å². The van der Waals surface area contributed by atoms with Crippen LogP contribution in [0.4, 0.5) is 0 Å². The normalized spacial score (nSPS) is 20.9. The largest absolute Gasteiger partial charge is 0.464 e. The van der Waals surface area contributed by atoms with Crippen molar-refractivity contribution in [2.75, 3.05) is 26.0 Å². The maximum Gasteiger partial charge on any atom is 0.175 e. The highest BCUT2D eigenvalue weighted by atomic mass is 32.2. The van der Waals surface area contributed by atoms with Gasteiger partial charge in [0.25, 0.3) is 0 Å². The van der Waals surface area contributed by atoms with Crippen LogP contribution >= 0.6 is 0 Å². The van der Waals surface area contributed by atoms with Gasteiger partial charge in [0.05, 0.1) is 11.5 Å². The lowest BCUT2D eigenvalue weighted by molar-refractivity contribution is -0.0525. The molecule has 0 radical (unpaired) electrons. The molecule has 24 heavy (non-hydrogen) atoms.